The van der Waals surface area contributed by atoms with Gasteiger partial charge in [-0.25, -0.2) is 13.1 Å². The molecular weight excluding hydrogens is 344 g/mol. The van der Waals surface area contributed by atoms with Crippen LogP contribution in [0.2, 0.25) is 0 Å². The minimum Gasteiger partial charge on any atom is -0.383 e. The first-order chi connectivity index (χ1) is 9.13. The lowest BCUT2D eigenvalue weighted by atomic mass is 10.1. The third-order valence-corrected chi connectivity index (χ3v) is 5.76. The number of sulfonamides is 1. The summed E-state index contributed by atoms with van der Waals surface area (Å²) in [5, 5.41) is 0. The van der Waals surface area contributed by atoms with Crippen molar-refractivity contribution in [3.05, 3.63) is 27.7 Å². The van der Waals surface area contributed by atoms with Crippen LogP contribution in [-0.2, 0) is 21.3 Å². The number of ether oxygens (including phenoxy) is 1. The highest BCUT2D eigenvalue weighted by molar-refractivity contribution is 9.10. The molecule has 1 aromatic carbocycles. The van der Waals surface area contributed by atoms with Gasteiger partial charge in [0.2, 0.25) is 10.0 Å². The average molecular weight is 365 g/mol. The Morgan fingerprint density at radius 3 is 2.50 bits per heavy atom. The number of aryl methyl sites for hydroxylation is 1. The SMILES string of the molecule is COCC(C)(C)NS(=O)(=O)c1cc(CN)cc(C)c1Br. The molecule has 0 spiro atoms. The highest BCUT2D eigenvalue weighted by Crippen LogP contribution is 2.28. The molecule has 0 aliphatic rings. The van der Waals surface area contributed by atoms with Gasteiger partial charge in [-0.3, -0.25) is 0 Å². The van der Waals surface area contributed by atoms with Crippen LogP contribution >= 0.6 is 15.9 Å². The Balaban J connectivity index is 3.25. The van der Waals surface area contributed by atoms with Crippen LogP contribution in [0.4, 0.5) is 0 Å². The van der Waals surface area contributed by atoms with Gasteiger partial charge in [0.15, 0.2) is 0 Å². The van der Waals surface area contributed by atoms with Crippen LogP contribution < -0.4 is 10.5 Å². The lowest BCUT2D eigenvalue weighted by Gasteiger charge is -2.25. The van der Waals surface area contributed by atoms with Gasteiger partial charge in [-0.2, -0.15) is 0 Å². The van der Waals surface area contributed by atoms with E-state index in [0.29, 0.717) is 4.47 Å². The maximum absolute atomic E-state index is 12.5. The Kier molecular flexibility index (Phi) is 5.74. The number of rotatable bonds is 6. The maximum Gasteiger partial charge on any atom is 0.242 e. The van der Waals surface area contributed by atoms with Crippen molar-refractivity contribution >= 4 is 26.0 Å². The fourth-order valence-electron chi connectivity index (χ4n) is 1.93. The first-order valence-electron chi connectivity index (χ1n) is 6.15. The van der Waals surface area contributed by atoms with Crippen molar-refractivity contribution in [2.75, 3.05) is 13.7 Å². The molecule has 1 rings (SSSR count). The summed E-state index contributed by atoms with van der Waals surface area (Å²) in [5.74, 6) is 0. The molecule has 0 heterocycles. The van der Waals surface area contributed by atoms with Gasteiger partial charge in [0.05, 0.1) is 17.0 Å². The molecule has 0 saturated carbocycles. The van der Waals surface area contributed by atoms with Crippen LogP contribution in [0.5, 0.6) is 0 Å². The maximum atomic E-state index is 12.5. The van der Waals surface area contributed by atoms with Gasteiger partial charge in [0.25, 0.3) is 0 Å². The van der Waals surface area contributed by atoms with Crippen molar-refractivity contribution in [3.8, 4) is 0 Å². The summed E-state index contributed by atoms with van der Waals surface area (Å²) in [7, 11) is -2.13. The Hall–Kier alpha value is -0.470. The summed E-state index contributed by atoms with van der Waals surface area (Å²) < 4.78 is 33.3. The molecule has 0 unspecified atom stereocenters. The van der Waals surface area contributed by atoms with Crippen molar-refractivity contribution < 1.29 is 13.2 Å². The highest BCUT2D eigenvalue weighted by Gasteiger charge is 2.28. The Bertz CT molecular complexity index is 586. The zero-order valence-corrected chi connectivity index (χ0v) is 14.6. The Morgan fingerprint density at radius 1 is 1.40 bits per heavy atom. The molecule has 5 nitrogen and oxygen atoms in total. The second-order valence-corrected chi connectivity index (χ2v) is 7.80. The summed E-state index contributed by atoms with van der Waals surface area (Å²) >= 11 is 3.33. The minimum atomic E-state index is -3.66. The molecule has 0 fully saturated rings. The second kappa shape index (κ2) is 6.53. The van der Waals surface area contributed by atoms with E-state index in [1.807, 2.05) is 13.0 Å². The van der Waals surface area contributed by atoms with Crippen LogP contribution in [0, 0.1) is 6.92 Å². The summed E-state index contributed by atoms with van der Waals surface area (Å²) in [5.41, 5.74) is 6.52. The van der Waals surface area contributed by atoms with Crippen LogP contribution in [0.15, 0.2) is 21.5 Å². The quantitative estimate of drug-likeness (QED) is 0.807. The lowest BCUT2D eigenvalue weighted by molar-refractivity contribution is 0.141. The number of hydrogen-bond donors (Lipinski definition) is 2. The van der Waals surface area contributed by atoms with E-state index in [1.54, 1.807) is 19.9 Å². The average Bonchev–Trinajstić information content (AvgIpc) is 2.30. The minimum absolute atomic E-state index is 0.196. The molecule has 7 heteroatoms. The predicted molar refractivity (Wildman–Crippen MR) is 83.0 cm³/mol. The van der Waals surface area contributed by atoms with E-state index in [2.05, 4.69) is 20.7 Å². The molecule has 20 heavy (non-hydrogen) atoms. The van der Waals surface area contributed by atoms with E-state index >= 15 is 0 Å². The van der Waals surface area contributed by atoms with Gasteiger partial charge in [0, 0.05) is 18.1 Å². The zero-order chi connectivity index (χ0) is 15.6. The Morgan fingerprint density at radius 2 is 2.00 bits per heavy atom. The first-order valence-corrected chi connectivity index (χ1v) is 8.42. The van der Waals surface area contributed by atoms with Gasteiger partial charge < -0.3 is 10.5 Å². The van der Waals surface area contributed by atoms with Crippen molar-refractivity contribution in [3.63, 3.8) is 0 Å². The monoisotopic (exact) mass is 364 g/mol. The largest absolute Gasteiger partial charge is 0.383 e. The van der Waals surface area contributed by atoms with Crippen molar-refractivity contribution in [1.82, 2.24) is 4.72 Å². The number of methoxy groups -OCH3 is 1. The number of halogens is 1. The van der Waals surface area contributed by atoms with Crippen LogP contribution in [-0.4, -0.2) is 27.7 Å². The highest BCUT2D eigenvalue weighted by atomic mass is 79.9. The molecule has 0 bridgehead atoms. The third-order valence-electron chi connectivity index (χ3n) is 2.72. The van der Waals surface area contributed by atoms with E-state index in [1.165, 1.54) is 7.11 Å². The molecule has 114 valence electrons. The normalized spacial score (nSPS) is 12.7. The Labute approximate surface area is 129 Å². The van der Waals surface area contributed by atoms with E-state index in [4.69, 9.17) is 10.5 Å². The molecule has 0 aliphatic heterocycles. The molecule has 3 N–H and O–H groups in total. The van der Waals surface area contributed by atoms with Crippen LogP contribution in [0.25, 0.3) is 0 Å². The van der Waals surface area contributed by atoms with Gasteiger partial charge in [-0.05, 0) is 53.9 Å². The topological polar surface area (TPSA) is 81.4 Å². The number of hydrogen-bond acceptors (Lipinski definition) is 4. The summed E-state index contributed by atoms with van der Waals surface area (Å²) in [6.45, 7) is 5.93. The number of nitrogens with two attached hydrogens (primary N) is 1. The van der Waals surface area contributed by atoms with Gasteiger partial charge in [-0.15, -0.1) is 0 Å². The van der Waals surface area contributed by atoms with Gasteiger partial charge in [0.1, 0.15) is 0 Å². The van der Waals surface area contributed by atoms with Crippen LogP contribution in [0.3, 0.4) is 0 Å². The van der Waals surface area contributed by atoms with Gasteiger partial charge in [-0.1, -0.05) is 6.07 Å². The number of nitrogens with one attached hydrogen (secondary N) is 1. The zero-order valence-electron chi connectivity index (χ0n) is 12.2. The molecule has 1 aromatic rings. The van der Waals surface area contributed by atoms with E-state index in [0.717, 1.165) is 11.1 Å². The summed E-state index contributed by atoms with van der Waals surface area (Å²) in [4.78, 5) is 0.196. The van der Waals surface area contributed by atoms with Crippen LogP contribution in [0.1, 0.15) is 25.0 Å². The molecule has 0 amide bonds. The standard InChI is InChI=1S/C13H21BrN2O3S/c1-9-5-10(7-15)6-11(12(9)14)20(17,18)16-13(2,3)8-19-4/h5-6,16H,7-8,15H2,1-4H3. The van der Waals surface area contributed by atoms with E-state index in [9.17, 15) is 8.42 Å². The molecule has 0 aliphatic carbocycles. The van der Waals surface area contributed by atoms with Crippen molar-refractivity contribution in [2.45, 2.75) is 37.8 Å². The van der Waals surface area contributed by atoms with Crippen molar-refractivity contribution in [2.24, 2.45) is 5.73 Å². The molecule has 0 saturated heterocycles. The predicted octanol–water partition coefficient (Wildman–Crippen LogP) is 1.92. The molecule has 0 atom stereocenters. The third kappa shape index (κ3) is 4.26. The lowest BCUT2D eigenvalue weighted by Crippen LogP contribution is -2.46. The smallest absolute Gasteiger partial charge is 0.242 e. The fraction of sp³-hybridized carbons (Fsp3) is 0.538. The fourth-order valence-corrected chi connectivity index (χ4v) is 4.40. The summed E-state index contributed by atoms with van der Waals surface area (Å²) in [6, 6.07) is 3.45. The first kappa shape index (κ1) is 17.6. The summed E-state index contributed by atoms with van der Waals surface area (Å²) in [6.07, 6.45) is 0. The second-order valence-electron chi connectivity index (χ2n) is 5.35. The van der Waals surface area contributed by atoms with Crippen molar-refractivity contribution in [1.29, 1.82) is 0 Å². The van der Waals surface area contributed by atoms with Gasteiger partial charge >= 0.3 is 0 Å². The van der Waals surface area contributed by atoms with E-state index < -0.39 is 15.6 Å². The molecular formula is C13H21BrN2O3S. The molecule has 0 aromatic heterocycles. The molecule has 0 radical (unpaired) electrons. The number of benzene rings is 1. The van der Waals surface area contributed by atoms with E-state index in [-0.39, 0.29) is 18.0 Å².